The zero-order chi connectivity index (χ0) is 36.9. The lowest BCUT2D eigenvalue weighted by Crippen LogP contribution is -2.70. The summed E-state index contributed by atoms with van der Waals surface area (Å²) in [5, 5.41) is 26.7. The number of esters is 1. The van der Waals surface area contributed by atoms with E-state index >= 15 is 0 Å². The maximum atomic E-state index is 14.3. The first-order chi connectivity index (χ1) is 23.9. The highest BCUT2D eigenvalue weighted by molar-refractivity contribution is 6.06. The van der Waals surface area contributed by atoms with E-state index in [4.69, 9.17) is 18.3 Å². The van der Waals surface area contributed by atoms with Crippen molar-refractivity contribution in [2.75, 3.05) is 13.2 Å². The number of carbonyl (C=O) groups is 4. The Morgan fingerprint density at radius 2 is 1.90 bits per heavy atom. The molecular weight excluding hydrogens is 666 g/mol. The number of fused-ring (bicyclic) bond motifs is 3. The van der Waals surface area contributed by atoms with Gasteiger partial charge in [-0.05, 0) is 68.9 Å². The van der Waals surface area contributed by atoms with Crippen LogP contribution < -0.4 is 0 Å². The summed E-state index contributed by atoms with van der Waals surface area (Å²) < 4.78 is 27.4. The van der Waals surface area contributed by atoms with Gasteiger partial charge in [-0.3, -0.25) is 24.5 Å². The Kier molecular flexibility index (Phi) is 7.57. The number of Topliss-reactive ketones (excluding diaryl/α,β-unsaturated/α-hetero) is 1. The third-order valence-electron chi connectivity index (χ3n) is 12.2. The molecule has 15 heteroatoms. The van der Waals surface area contributed by atoms with E-state index in [2.05, 4.69) is 16.8 Å². The van der Waals surface area contributed by atoms with Gasteiger partial charge in [0.15, 0.2) is 17.3 Å². The van der Waals surface area contributed by atoms with Crippen molar-refractivity contribution in [2.45, 2.75) is 78.1 Å². The number of cyclic esters (lactones) is 1. The van der Waals surface area contributed by atoms with Gasteiger partial charge >= 0.3 is 17.9 Å². The van der Waals surface area contributed by atoms with Crippen molar-refractivity contribution >= 4 is 35.7 Å². The molecule has 4 aliphatic carbocycles. The molecule has 1 spiro atoms. The molecule has 8 atom stereocenters. The van der Waals surface area contributed by atoms with Crippen LogP contribution in [-0.2, 0) is 28.6 Å². The zero-order valence-electron chi connectivity index (χ0n) is 29.0. The summed E-state index contributed by atoms with van der Waals surface area (Å²) in [6.07, 6.45) is 7.85. The molecule has 6 aliphatic rings. The molecule has 51 heavy (non-hydrogen) atoms. The number of hydrogen-bond acceptors (Lipinski definition) is 13. The Balaban J connectivity index is 0.000000213. The molecule has 4 heterocycles. The van der Waals surface area contributed by atoms with Crippen molar-refractivity contribution < 1.29 is 52.3 Å². The second-order valence-electron chi connectivity index (χ2n) is 15.2. The van der Waals surface area contributed by atoms with Crippen LogP contribution >= 0.6 is 0 Å². The van der Waals surface area contributed by atoms with Crippen LogP contribution in [-0.4, -0.2) is 75.8 Å². The van der Waals surface area contributed by atoms with Crippen LogP contribution in [0.5, 0.6) is 0 Å². The standard InChI is InChI=1S/C28H32O7.C8H7N3O5/c1-14(29)34-17-12-26(5)16(15-8-10-33-13-15)11-19-28(26,35-19)27(6)21(17)25(4)9-7-18(30)24(2,3)22(25)20(31)23(27)32;12-8-10(3-4-15-8)9-5-6-1-2-7(16-6)11(13)14/h7-10,13,16-17,19,21,31H,11-12H2,1-6H3;1-2,5H,3-4H2. The number of ketones is 2. The number of rotatable bonds is 5. The highest BCUT2D eigenvalue weighted by Crippen LogP contribution is 2.81. The Morgan fingerprint density at radius 1 is 1.16 bits per heavy atom. The van der Waals surface area contributed by atoms with Gasteiger partial charge in [0.25, 0.3) is 0 Å². The first-order valence-corrected chi connectivity index (χ1v) is 16.8. The molecular formula is C36H39N3O12. The summed E-state index contributed by atoms with van der Waals surface area (Å²) in [6.45, 7) is 11.5. The van der Waals surface area contributed by atoms with Crippen molar-refractivity contribution in [1.82, 2.24) is 5.01 Å². The van der Waals surface area contributed by atoms with Gasteiger partial charge in [-0.2, -0.15) is 10.1 Å². The van der Waals surface area contributed by atoms with Crippen LogP contribution in [0.3, 0.4) is 0 Å². The minimum absolute atomic E-state index is 0.0453. The van der Waals surface area contributed by atoms with E-state index in [0.717, 1.165) is 10.6 Å². The molecule has 2 saturated carbocycles. The van der Waals surface area contributed by atoms with Crippen LogP contribution in [0.15, 0.2) is 68.1 Å². The number of furan rings is 2. The number of aliphatic hydroxyl groups is 1. The van der Waals surface area contributed by atoms with Crippen LogP contribution in [0.2, 0.25) is 0 Å². The molecule has 2 saturated heterocycles. The summed E-state index contributed by atoms with van der Waals surface area (Å²) in [6, 6.07) is 4.55. The van der Waals surface area contributed by atoms with E-state index in [0.29, 0.717) is 25.0 Å². The summed E-state index contributed by atoms with van der Waals surface area (Å²) in [5.41, 5.74) is -3.06. The molecule has 8 unspecified atom stereocenters. The molecule has 1 amide bonds. The van der Waals surface area contributed by atoms with Crippen molar-refractivity contribution in [3.8, 4) is 0 Å². The number of nitro groups is 1. The minimum Gasteiger partial charge on any atom is -0.504 e. The Hall–Kier alpha value is -5.05. The summed E-state index contributed by atoms with van der Waals surface area (Å²) in [4.78, 5) is 60.2. The SMILES string of the molecule is CC(=O)OC1CC2(C)C(c3ccoc3)CC3OC32C2(C)C(=O)C(O)=C3C(C)(C)C(=O)C=CC3(C)C12.O=C1OCCN1N=Cc1ccc([N+](=O)[O-])o1. The number of hydrazone groups is 1. The molecule has 0 radical (unpaired) electrons. The number of allylic oxidation sites excluding steroid dienone is 4. The average molecular weight is 706 g/mol. The van der Waals surface area contributed by atoms with Gasteiger partial charge in [-0.25, -0.2) is 4.79 Å². The fourth-order valence-electron chi connectivity index (χ4n) is 10.4. The second-order valence-corrected chi connectivity index (χ2v) is 15.2. The lowest BCUT2D eigenvalue weighted by atomic mass is 9.38. The van der Waals surface area contributed by atoms with Gasteiger partial charge in [0.1, 0.15) is 23.2 Å². The van der Waals surface area contributed by atoms with E-state index in [1.807, 2.05) is 19.9 Å². The normalized spacial score (nSPS) is 37.2. The van der Waals surface area contributed by atoms with Gasteiger partial charge < -0.3 is 28.2 Å². The van der Waals surface area contributed by atoms with E-state index in [1.165, 1.54) is 25.3 Å². The largest absolute Gasteiger partial charge is 0.504 e. The van der Waals surface area contributed by atoms with E-state index in [1.54, 1.807) is 38.5 Å². The van der Waals surface area contributed by atoms with Gasteiger partial charge in [0.2, 0.25) is 5.78 Å². The molecule has 0 aromatic carbocycles. The number of epoxide rings is 1. The van der Waals surface area contributed by atoms with Gasteiger partial charge in [0, 0.05) is 23.7 Å². The first-order valence-electron chi connectivity index (χ1n) is 16.8. The third kappa shape index (κ3) is 4.62. The van der Waals surface area contributed by atoms with Gasteiger partial charge in [-0.1, -0.05) is 19.9 Å². The van der Waals surface area contributed by atoms with Crippen molar-refractivity contribution in [3.63, 3.8) is 0 Å². The average Bonchev–Trinajstić information content (AvgIpc) is 3.54. The fourth-order valence-corrected chi connectivity index (χ4v) is 10.4. The van der Waals surface area contributed by atoms with Crippen LogP contribution in [0.1, 0.15) is 71.6 Å². The Labute approximate surface area is 292 Å². The predicted molar refractivity (Wildman–Crippen MR) is 175 cm³/mol. The van der Waals surface area contributed by atoms with Gasteiger partial charge in [-0.15, -0.1) is 0 Å². The highest BCUT2D eigenvalue weighted by atomic mass is 16.6. The summed E-state index contributed by atoms with van der Waals surface area (Å²) >= 11 is 0. The second kappa shape index (κ2) is 11.2. The number of ether oxygens (including phenoxy) is 3. The number of aliphatic hydroxyl groups excluding tert-OH is 1. The Bertz CT molecular complexity index is 1940. The molecule has 0 bridgehead atoms. The third-order valence-corrected chi connectivity index (χ3v) is 12.2. The Morgan fingerprint density at radius 3 is 2.51 bits per heavy atom. The van der Waals surface area contributed by atoms with E-state index in [-0.39, 0.29) is 41.8 Å². The first kappa shape index (κ1) is 34.4. The molecule has 2 aromatic heterocycles. The molecule has 15 nitrogen and oxygen atoms in total. The van der Waals surface area contributed by atoms with Crippen molar-refractivity contribution in [1.29, 1.82) is 0 Å². The van der Waals surface area contributed by atoms with Crippen LogP contribution in [0, 0.1) is 37.7 Å². The van der Waals surface area contributed by atoms with E-state index in [9.17, 15) is 34.4 Å². The highest BCUT2D eigenvalue weighted by Gasteiger charge is 2.89. The summed E-state index contributed by atoms with van der Waals surface area (Å²) in [7, 11) is 0. The van der Waals surface area contributed by atoms with Crippen molar-refractivity contribution in [2.24, 2.45) is 32.7 Å². The topological polar surface area (TPSA) is 205 Å². The fraction of sp³-hybridized carbons (Fsp3) is 0.528. The number of carbonyl (C=O) groups excluding carboxylic acids is 4. The lowest BCUT2D eigenvalue weighted by Gasteiger charge is -2.64. The lowest BCUT2D eigenvalue weighted by molar-refractivity contribution is -0.402. The van der Waals surface area contributed by atoms with Crippen LogP contribution in [0.25, 0.3) is 0 Å². The quantitative estimate of drug-likeness (QED) is 0.136. The molecule has 1 N–H and O–H groups in total. The number of hydrogen-bond donors (Lipinski definition) is 1. The molecule has 270 valence electrons. The maximum Gasteiger partial charge on any atom is 0.433 e. The number of amides is 1. The molecule has 8 rings (SSSR count). The molecule has 4 fully saturated rings. The minimum atomic E-state index is -1.17. The van der Waals surface area contributed by atoms with Crippen molar-refractivity contribution in [3.05, 3.63) is 75.6 Å². The molecule has 2 aliphatic heterocycles. The summed E-state index contributed by atoms with van der Waals surface area (Å²) in [5.74, 6) is -2.01. The maximum absolute atomic E-state index is 14.3. The molecule has 2 aromatic rings. The van der Waals surface area contributed by atoms with Crippen LogP contribution in [0.4, 0.5) is 10.7 Å². The van der Waals surface area contributed by atoms with E-state index < -0.39 is 62.1 Å². The van der Waals surface area contributed by atoms with Gasteiger partial charge in [0.05, 0.1) is 48.3 Å². The smallest absolute Gasteiger partial charge is 0.433 e. The number of nitrogens with zero attached hydrogens (tertiary/aromatic N) is 3. The predicted octanol–water partition coefficient (Wildman–Crippen LogP) is 5.41. The monoisotopic (exact) mass is 705 g/mol. The zero-order valence-corrected chi connectivity index (χ0v) is 29.0.